The smallest absolute Gasteiger partial charge is 0.472 e. The number of amides is 1. The highest BCUT2D eigenvalue weighted by molar-refractivity contribution is 7.47. The molecule has 0 aromatic heterocycles. The average molecular weight is 940 g/mol. The maximum absolute atomic E-state index is 12.4. The molecule has 0 spiro atoms. The second-order valence-corrected chi connectivity index (χ2v) is 19.5. The van der Waals surface area contributed by atoms with Gasteiger partial charge in [-0.1, -0.05) is 224 Å². The molecule has 0 aromatic rings. The molecule has 380 valence electrons. The third-order valence-corrected chi connectivity index (χ3v) is 12.6. The van der Waals surface area contributed by atoms with Gasteiger partial charge in [-0.25, -0.2) is 9.36 Å². The van der Waals surface area contributed by atoms with Gasteiger partial charge in [0.05, 0.1) is 13.2 Å². The van der Waals surface area contributed by atoms with Crippen LogP contribution in [0.4, 0.5) is 0 Å². The first-order valence-corrected chi connectivity index (χ1v) is 28.0. The van der Waals surface area contributed by atoms with E-state index < -0.39 is 57.6 Å². The van der Waals surface area contributed by atoms with Gasteiger partial charge in [-0.2, -0.15) is 0 Å². The number of hydrogen-bond acceptors (Lipinski definition) is 8. The van der Waals surface area contributed by atoms with Gasteiger partial charge >= 0.3 is 19.8 Å². The van der Waals surface area contributed by atoms with Crippen LogP contribution in [0.2, 0.25) is 0 Å². The summed E-state index contributed by atoms with van der Waals surface area (Å²) in [5, 5.41) is 21.9. The minimum absolute atomic E-state index is 0.138. The van der Waals surface area contributed by atoms with Crippen LogP contribution < -0.4 is 5.32 Å². The fourth-order valence-electron chi connectivity index (χ4n) is 7.56. The topological polar surface area (TPSA) is 169 Å². The summed E-state index contributed by atoms with van der Waals surface area (Å²) in [6.45, 7) is 2.61. The van der Waals surface area contributed by atoms with Crippen molar-refractivity contribution < 1.29 is 47.8 Å². The Balaban J connectivity index is 3.81. The Kier molecular flexibility index (Phi) is 46.5. The normalized spacial score (nSPS) is 13.8. The minimum Gasteiger partial charge on any atom is -0.480 e. The molecule has 0 fully saturated rings. The number of carboxylic acid groups (broad SMARTS) is 1. The molecular formula is C53H98NO10P. The van der Waals surface area contributed by atoms with Crippen molar-refractivity contribution >= 4 is 25.7 Å². The number of nitrogens with one attached hydrogen (secondary N) is 1. The maximum Gasteiger partial charge on any atom is 0.472 e. The number of hydrogen-bond donors (Lipinski definition) is 4. The van der Waals surface area contributed by atoms with E-state index in [0.717, 1.165) is 64.2 Å². The quantitative estimate of drug-likeness (QED) is 0.0199. The average Bonchev–Trinajstić information content (AvgIpc) is 3.28. The van der Waals surface area contributed by atoms with Gasteiger partial charge in [-0.15, -0.1) is 0 Å². The second kappa shape index (κ2) is 48.2. The van der Waals surface area contributed by atoms with Gasteiger partial charge in [0.15, 0.2) is 6.04 Å². The summed E-state index contributed by atoms with van der Waals surface area (Å²) < 4.78 is 27.0. The van der Waals surface area contributed by atoms with Gasteiger partial charge < -0.3 is 25.2 Å². The van der Waals surface area contributed by atoms with E-state index in [0.29, 0.717) is 12.8 Å². The van der Waals surface area contributed by atoms with Crippen LogP contribution >= 0.6 is 7.82 Å². The van der Waals surface area contributed by atoms with Gasteiger partial charge in [0.25, 0.3) is 0 Å². The Hall–Kier alpha value is -2.30. The van der Waals surface area contributed by atoms with Crippen LogP contribution in [0, 0.1) is 0 Å². The van der Waals surface area contributed by atoms with E-state index in [2.05, 4.69) is 55.6 Å². The Morgan fingerprint density at radius 1 is 0.492 bits per heavy atom. The van der Waals surface area contributed by atoms with Crippen LogP contribution in [0.15, 0.2) is 36.5 Å². The molecule has 0 aliphatic carbocycles. The van der Waals surface area contributed by atoms with E-state index in [1.54, 1.807) is 0 Å². The monoisotopic (exact) mass is 940 g/mol. The summed E-state index contributed by atoms with van der Waals surface area (Å²) in [6.07, 6.45) is 54.5. The molecule has 11 nitrogen and oxygen atoms in total. The molecule has 3 atom stereocenters. The molecular weight excluding hydrogens is 842 g/mol. The van der Waals surface area contributed by atoms with Crippen molar-refractivity contribution in [1.82, 2.24) is 5.32 Å². The molecule has 0 aromatic carbocycles. The Bertz CT molecular complexity index is 1240. The standard InChI is InChI=1S/C53H98NO10P/c1-3-5-7-9-11-13-15-17-19-21-23-25-26-28-30-32-34-36-38-40-42-44-51(56)54-50(53(58)59)48-64-65(60,61)63-47-49(55)46-62-52(57)45-43-41-39-37-35-33-31-29-27-24-22-20-18-16-14-12-10-8-6-4-2/h11,13,17,19,23,25,49-50,55H,3-10,12,14-16,18,20-22,24,26-48H2,1-2H3,(H,54,56)(H,58,59)(H,60,61)/b13-11-,19-17-,25-23-. The molecule has 65 heavy (non-hydrogen) atoms. The van der Waals surface area contributed by atoms with Crippen molar-refractivity contribution in [2.45, 2.75) is 264 Å². The van der Waals surface area contributed by atoms with Crippen molar-refractivity contribution in [2.24, 2.45) is 0 Å². The van der Waals surface area contributed by atoms with Gasteiger partial charge in [-0.05, 0) is 51.4 Å². The number of aliphatic hydroxyl groups is 1. The van der Waals surface area contributed by atoms with E-state index >= 15 is 0 Å². The molecule has 0 rings (SSSR count). The number of aliphatic carboxylic acids is 1. The molecule has 4 N–H and O–H groups in total. The van der Waals surface area contributed by atoms with E-state index in [4.69, 9.17) is 13.8 Å². The fourth-order valence-corrected chi connectivity index (χ4v) is 8.33. The number of carbonyl (C=O) groups excluding carboxylic acids is 2. The second-order valence-electron chi connectivity index (χ2n) is 18.1. The molecule has 12 heteroatoms. The van der Waals surface area contributed by atoms with Crippen molar-refractivity contribution in [3.05, 3.63) is 36.5 Å². The number of carboxylic acids is 1. The zero-order chi connectivity index (χ0) is 47.7. The highest BCUT2D eigenvalue weighted by Gasteiger charge is 2.28. The fraction of sp³-hybridized carbons (Fsp3) is 0.830. The number of ether oxygens (including phenoxy) is 1. The summed E-state index contributed by atoms with van der Waals surface area (Å²) in [5.41, 5.74) is 0. The summed E-state index contributed by atoms with van der Waals surface area (Å²) in [7, 11) is -4.76. The van der Waals surface area contributed by atoms with E-state index in [1.165, 1.54) is 148 Å². The summed E-state index contributed by atoms with van der Waals surface area (Å²) >= 11 is 0. The third-order valence-electron chi connectivity index (χ3n) is 11.7. The zero-order valence-electron chi connectivity index (χ0n) is 41.5. The van der Waals surface area contributed by atoms with Crippen molar-refractivity contribution in [2.75, 3.05) is 19.8 Å². The maximum atomic E-state index is 12.4. The molecule has 0 heterocycles. The zero-order valence-corrected chi connectivity index (χ0v) is 42.4. The third kappa shape index (κ3) is 48.0. The van der Waals surface area contributed by atoms with Gasteiger partial charge in [0.2, 0.25) is 5.91 Å². The van der Waals surface area contributed by atoms with Crippen LogP contribution in [-0.4, -0.2) is 64.9 Å². The predicted molar refractivity (Wildman–Crippen MR) is 268 cm³/mol. The SMILES string of the molecule is CCCCC/C=C\C/C=C\C/C=C\CCCCCCCCCCC(=O)NC(COP(=O)(O)OCC(O)COC(=O)CCCCCCCCCCCCCCCCCCCCCC)C(=O)O. The lowest BCUT2D eigenvalue weighted by Gasteiger charge is -2.18. The lowest BCUT2D eigenvalue weighted by Crippen LogP contribution is -2.43. The first kappa shape index (κ1) is 62.7. The lowest BCUT2D eigenvalue weighted by atomic mass is 10.0. The molecule has 0 aliphatic rings. The summed E-state index contributed by atoms with van der Waals surface area (Å²) in [6, 6.07) is -1.55. The molecule has 0 saturated carbocycles. The summed E-state index contributed by atoms with van der Waals surface area (Å²) in [4.78, 5) is 46.2. The number of esters is 1. The largest absolute Gasteiger partial charge is 0.480 e. The van der Waals surface area contributed by atoms with Crippen molar-refractivity contribution in [1.29, 1.82) is 0 Å². The van der Waals surface area contributed by atoms with Crippen molar-refractivity contribution in [3.8, 4) is 0 Å². The van der Waals surface area contributed by atoms with E-state index in [1.807, 2.05) is 0 Å². The van der Waals surface area contributed by atoms with Crippen LogP contribution in [-0.2, 0) is 32.7 Å². The summed E-state index contributed by atoms with van der Waals surface area (Å²) in [5.74, 6) is -2.37. The Labute approximate surface area is 397 Å². The van der Waals surface area contributed by atoms with Crippen LogP contribution in [0.1, 0.15) is 251 Å². The lowest BCUT2D eigenvalue weighted by molar-refractivity contribution is -0.147. The van der Waals surface area contributed by atoms with Gasteiger partial charge in [0.1, 0.15) is 12.7 Å². The van der Waals surface area contributed by atoms with Crippen LogP contribution in [0.5, 0.6) is 0 Å². The first-order chi connectivity index (χ1) is 31.6. The first-order valence-electron chi connectivity index (χ1n) is 26.5. The molecule has 3 unspecified atom stereocenters. The molecule has 0 aliphatic heterocycles. The number of aliphatic hydroxyl groups excluding tert-OH is 1. The van der Waals surface area contributed by atoms with Gasteiger partial charge in [-0.3, -0.25) is 18.6 Å². The predicted octanol–water partition coefficient (Wildman–Crippen LogP) is 14.7. The van der Waals surface area contributed by atoms with Crippen molar-refractivity contribution in [3.63, 3.8) is 0 Å². The van der Waals surface area contributed by atoms with Gasteiger partial charge in [0, 0.05) is 12.8 Å². The number of allylic oxidation sites excluding steroid dienone is 6. The highest BCUT2D eigenvalue weighted by Crippen LogP contribution is 2.43. The number of phosphoric acid groups is 1. The Morgan fingerprint density at radius 3 is 1.29 bits per heavy atom. The molecule has 1 amide bonds. The number of phosphoric ester groups is 1. The van der Waals surface area contributed by atoms with E-state index in [9.17, 15) is 34.1 Å². The van der Waals surface area contributed by atoms with E-state index in [-0.39, 0.29) is 12.8 Å². The molecule has 0 saturated heterocycles. The van der Waals surface area contributed by atoms with Crippen LogP contribution in [0.25, 0.3) is 0 Å². The number of carbonyl (C=O) groups is 3. The minimum atomic E-state index is -4.76. The Morgan fingerprint density at radius 2 is 0.846 bits per heavy atom. The molecule has 0 radical (unpaired) electrons. The highest BCUT2D eigenvalue weighted by atomic mass is 31.2. The number of unbranched alkanes of at least 4 members (excludes halogenated alkanes) is 30. The molecule has 0 bridgehead atoms. The number of rotatable bonds is 50. The van der Waals surface area contributed by atoms with Crippen LogP contribution in [0.3, 0.4) is 0 Å².